The smallest absolute Gasteiger partial charge is 0.122 e. The van der Waals surface area contributed by atoms with Gasteiger partial charge in [0.1, 0.15) is 6.29 Å². The van der Waals surface area contributed by atoms with Gasteiger partial charge in [-0.2, -0.15) is 0 Å². The van der Waals surface area contributed by atoms with Crippen molar-refractivity contribution >= 4 is 6.29 Å². The molecule has 1 rings (SSSR count). The van der Waals surface area contributed by atoms with Crippen LogP contribution in [0.4, 0.5) is 0 Å². The molecule has 0 heterocycles. The van der Waals surface area contributed by atoms with Gasteiger partial charge in [0.15, 0.2) is 0 Å². The van der Waals surface area contributed by atoms with Crippen LogP contribution in [0.2, 0.25) is 0 Å². The van der Waals surface area contributed by atoms with E-state index < -0.39 is 0 Å². The maximum Gasteiger partial charge on any atom is 0.122 e. The molecule has 0 saturated heterocycles. The topological polar surface area (TPSA) is 26.3 Å². The summed E-state index contributed by atoms with van der Waals surface area (Å²) in [5.74, 6) is 1.61. The number of hydrogen-bond acceptors (Lipinski definition) is 2. The summed E-state index contributed by atoms with van der Waals surface area (Å²) in [6.07, 6.45) is 5.48. The van der Waals surface area contributed by atoms with Crippen LogP contribution in [0.5, 0.6) is 0 Å². The number of rotatable bonds is 4. The second kappa shape index (κ2) is 5.38. The van der Waals surface area contributed by atoms with Gasteiger partial charge in [0, 0.05) is 6.42 Å². The lowest BCUT2D eigenvalue weighted by atomic mass is 9.80. The van der Waals surface area contributed by atoms with Crippen LogP contribution in [0.25, 0.3) is 0 Å². The summed E-state index contributed by atoms with van der Waals surface area (Å²) < 4.78 is 5.61. The Kier molecular flexibility index (Phi) is 4.43. The van der Waals surface area contributed by atoms with Gasteiger partial charge in [-0.1, -0.05) is 13.8 Å². The molecule has 0 aromatic carbocycles. The molecule has 0 N–H and O–H groups in total. The summed E-state index contributed by atoms with van der Waals surface area (Å²) in [7, 11) is 0. The average molecular weight is 184 g/mol. The molecule has 1 saturated carbocycles. The van der Waals surface area contributed by atoms with E-state index in [9.17, 15) is 4.79 Å². The normalized spacial score (nSPS) is 34.5. The van der Waals surface area contributed by atoms with Gasteiger partial charge in [0.25, 0.3) is 0 Å². The zero-order chi connectivity index (χ0) is 9.68. The van der Waals surface area contributed by atoms with Crippen molar-refractivity contribution in [3.05, 3.63) is 0 Å². The first-order valence-electron chi connectivity index (χ1n) is 5.29. The maximum absolute atomic E-state index is 10.1. The fourth-order valence-corrected chi connectivity index (χ4v) is 1.93. The molecule has 1 aliphatic carbocycles. The first kappa shape index (κ1) is 10.7. The molecule has 3 atom stereocenters. The van der Waals surface area contributed by atoms with Crippen LogP contribution >= 0.6 is 0 Å². The molecule has 0 aromatic heterocycles. The summed E-state index contributed by atoms with van der Waals surface area (Å²) in [5.41, 5.74) is 0. The molecule has 1 aliphatic rings. The second-order valence-electron chi connectivity index (χ2n) is 4.22. The Bertz CT molecular complexity index is 156. The first-order chi connectivity index (χ1) is 6.24. The molecule has 0 bridgehead atoms. The quantitative estimate of drug-likeness (QED) is 0.495. The zero-order valence-corrected chi connectivity index (χ0v) is 8.66. The number of carbonyl (C=O) groups is 1. The summed E-state index contributed by atoms with van der Waals surface area (Å²) in [5, 5.41) is 0. The molecule has 3 unspecified atom stereocenters. The molecule has 0 spiro atoms. The van der Waals surface area contributed by atoms with Crippen LogP contribution in [0, 0.1) is 11.8 Å². The Hall–Kier alpha value is -0.370. The molecule has 1 fully saturated rings. The summed E-state index contributed by atoms with van der Waals surface area (Å²) in [4.78, 5) is 10.1. The van der Waals surface area contributed by atoms with Gasteiger partial charge in [-0.05, 0) is 31.1 Å². The van der Waals surface area contributed by atoms with E-state index in [1.54, 1.807) is 0 Å². The van der Waals surface area contributed by atoms with Crippen molar-refractivity contribution in [2.24, 2.45) is 11.8 Å². The van der Waals surface area contributed by atoms with Gasteiger partial charge in [-0.25, -0.2) is 0 Å². The van der Waals surface area contributed by atoms with Crippen molar-refractivity contribution in [1.29, 1.82) is 0 Å². The van der Waals surface area contributed by atoms with Crippen molar-refractivity contribution < 1.29 is 9.53 Å². The summed E-state index contributed by atoms with van der Waals surface area (Å²) in [6.45, 7) is 5.21. The molecule has 2 heteroatoms. The second-order valence-corrected chi connectivity index (χ2v) is 4.22. The Morgan fingerprint density at radius 1 is 1.31 bits per heavy atom. The minimum absolute atomic E-state index is 0.408. The summed E-state index contributed by atoms with van der Waals surface area (Å²) >= 11 is 0. The average Bonchev–Trinajstić information content (AvgIpc) is 2.12. The van der Waals surface area contributed by atoms with Gasteiger partial charge in [-0.3, -0.25) is 0 Å². The minimum atomic E-state index is 0.408. The van der Waals surface area contributed by atoms with Crippen molar-refractivity contribution in [3.8, 4) is 0 Å². The predicted molar refractivity (Wildman–Crippen MR) is 52.6 cm³/mol. The third kappa shape index (κ3) is 3.47. The molecule has 13 heavy (non-hydrogen) atoms. The Morgan fingerprint density at radius 2 is 2.08 bits per heavy atom. The highest BCUT2D eigenvalue weighted by atomic mass is 16.5. The highest BCUT2D eigenvalue weighted by molar-refractivity contribution is 5.49. The summed E-state index contributed by atoms with van der Waals surface area (Å²) in [6, 6.07) is 0. The van der Waals surface area contributed by atoms with E-state index in [-0.39, 0.29) is 0 Å². The fourth-order valence-electron chi connectivity index (χ4n) is 1.93. The Labute approximate surface area is 80.7 Å². The SMILES string of the molecule is CC1CCC(OCCC=O)CC1C. The van der Waals surface area contributed by atoms with E-state index in [1.807, 2.05) is 0 Å². The third-order valence-corrected chi connectivity index (χ3v) is 3.14. The lowest BCUT2D eigenvalue weighted by Crippen LogP contribution is -2.27. The Morgan fingerprint density at radius 3 is 2.69 bits per heavy atom. The minimum Gasteiger partial charge on any atom is -0.378 e. The molecular formula is C11H20O2. The van der Waals surface area contributed by atoms with Gasteiger partial charge in [0.2, 0.25) is 0 Å². The van der Waals surface area contributed by atoms with Crippen LogP contribution in [0.3, 0.4) is 0 Å². The zero-order valence-electron chi connectivity index (χ0n) is 8.66. The van der Waals surface area contributed by atoms with E-state index in [1.165, 1.54) is 19.3 Å². The largest absolute Gasteiger partial charge is 0.378 e. The molecule has 0 amide bonds. The highest BCUT2D eigenvalue weighted by Gasteiger charge is 2.24. The van der Waals surface area contributed by atoms with Gasteiger partial charge < -0.3 is 9.53 Å². The van der Waals surface area contributed by atoms with Gasteiger partial charge >= 0.3 is 0 Å². The van der Waals surface area contributed by atoms with Crippen LogP contribution in [-0.4, -0.2) is 19.0 Å². The molecule has 0 radical (unpaired) electrons. The lowest BCUT2D eigenvalue weighted by Gasteiger charge is -2.31. The van der Waals surface area contributed by atoms with Crippen molar-refractivity contribution in [1.82, 2.24) is 0 Å². The number of ether oxygens (including phenoxy) is 1. The first-order valence-corrected chi connectivity index (χ1v) is 5.29. The molecule has 2 nitrogen and oxygen atoms in total. The van der Waals surface area contributed by atoms with Crippen LogP contribution in [-0.2, 0) is 9.53 Å². The van der Waals surface area contributed by atoms with Crippen LogP contribution < -0.4 is 0 Å². The maximum atomic E-state index is 10.1. The monoisotopic (exact) mass is 184 g/mol. The third-order valence-electron chi connectivity index (χ3n) is 3.14. The van der Waals surface area contributed by atoms with Gasteiger partial charge in [0.05, 0.1) is 12.7 Å². The van der Waals surface area contributed by atoms with E-state index in [0.717, 1.165) is 18.1 Å². The van der Waals surface area contributed by atoms with Crippen LogP contribution in [0.1, 0.15) is 39.5 Å². The highest BCUT2D eigenvalue weighted by Crippen LogP contribution is 2.30. The van der Waals surface area contributed by atoms with E-state index in [2.05, 4.69) is 13.8 Å². The molecule has 76 valence electrons. The van der Waals surface area contributed by atoms with Crippen molar-refractivity contribution in [2.45, 2.75) is 45.6 Å². The van der Waals surface area contributed by atoms with E-state index in [4.69, 9.17) is 4.74 Å². The lowest BCUT2D eigenvalue weighted by molar-refractivity contribution is -0.109. The van der Waals surface area contributed by atoms with Gasteiger partial charge in [-0.15, -0.1) is 0 Å². The fraction of sp³-hybridized carbons (Fsp3) is 0.909. The molecule has 0 aromatic rings. The number of aldehydes is 1. The number of hydrogen-bond donors (Lipinski definition) is 0. The van der Waals surface area contributed by atoms with Crippen LogP contribution in [0.15, 0.2) is 0 Å². The molecule has 0 aliphatic heterocycles. The predicted octanol–water partition coefficient (Wildman–Crippen LogP) is 2.42. The van der Waals surface area contributed by atoms with E-state index in [0.29, 0.717) is 19.1 Å². The van der Waals surface area contributed by atoms with E-state index >= 15 is 0 Å². The van der Waals surface area contributed by atoms with Crippen molar-refractivity contribution in [2.75, 3.05) is 6.61 Å². The molecular weight excluding hydrogens is 164 g/mol. The standard InChI is InChI=1S/C11H20O2/c1-9-4-5-11(8-10(9)2)13-7-3-6-12/h6,9-11H,3-5,7-8H2,1-2H3. The van der Waals surface area contributed by atoms with Crippen molar-refractivity contribution in [3.63, 3.8) is 0 Å². The number of carbonyl (C=O) groups excluding carboxylic acids is 1. The Balaban J connectivity index is 2.17.